The minimum atomic E-state index is -0.585. The van der Waals surface area contributed by atoms with Crippen molar-refractivity contribution in [3.8, 4) is 0 Å². The Balaban J connectivity index is 1.63. The summed E-state index contributed by atoms with van der Waals surface area (Å²) in [4.78, 5) is 29.9. The lowest BCUT2D eigenvalue weighted by Crippen LogP contribution is -2.49. The Kier molecular flexibility index (Phi) is 7.18. The van der Waals surface area contributed by atoms with Crippen LogP contribution in [0.5, 0.6) is 0 Å². The van der Waals surface area contributed by atoms with Crippen molar-refractivity contribution in [3.05, 3.63) is 66.0 Å². The average Bonchev–Trinajstić information content (AvgIpc) is 2.73. The van der Waals surface area contributed by atoms with Gasteiger partial charge < -0.3 is 10.6 Å². The second-order valence-corrected chi connectivity index (χ2v) is 7.75. The molecule has 2 amide bonds. The summed E-state index contributed by atoms with van der Waals surface area (Å²) in [6.07, 6.45) is 6.14. The number of amides is 2. The molecule has 0 bridgehead atoms. The molecule has 0 unspecified atom stereocenters. The van der Waals surface area contributed by atoms with E-state index in [4.69, 9.17) is 0 Å². The predicted molar refractivity (Wildman–Crippen MR) is 109 cm³/mol. The maximum atomic E-state index is 12.8. The smallest absolute Gasteiger partial charge is 0.243 e. The first-order valence-electron chi connectivity index (χ1n) is 10.1. The van der Waals surface area contributed by atoms with Crippen molar-refractivity contribution in [3.63, 3.8) is 0 Å². The number of nitrogens with one attached hydrogen (secondary N) is 2. The number of hydrogen-bond acceptors (Lipinski definition) is 3. The molecule has 1 saturated carbocycles. The SMILES string of the molecule is CC1CCC(C(=O)N[C@@H](Cc2ccccc2)C(=O)NCc2ccccn2)CC1. The normalized spacial score (nSPS) is 20.2. The molecule has 1 aromatic heterocycles. The highest BCUT2D eigenvalue weighted by Crippen LogP contribution is 2.28. The third-order valence-corrected chi connectivity index (χ3v) is 5.47. The first-order chi connectivity index (χ1) is 13.6. The fraction of sp³-hybridized carbons (Fsp3) is 0.435. The molecule has 5 heteroatoms. The van der Waals surface area contributed by atoms with E-state index in [1.54, 1.807) is 6.20 Å². The van der Waals surface area contributed by atoms with Crippen LogP contribution in [-0.4, -0.2) is 22.8 Å². The highest BCUT2D eigenvalue weighted by atomic mass is 16.2. The molecule has 5 nitrogen and oxygen atoms in total. The summed E-state index contributed by atoms with van der Waals surface area (Å²) in [7, 11) is 0. The van der Waals surface area contributed by atoms with Gasteiger partial charge in [0.05, 0.1) is 12.2 Å². The molecule has 28 heavy (non-hydrogen) atoms. The zero-order valence-corrected chi connectivity index (χ0v) is 16.4. The van der Waals surface area contributed by atoms with Crippen LogP contribution in [0.4, 0.5) is 0 Å². The Morgan fingerprint density at radius 3 is 2.43 bits per heavy atom. The predicted octanol–water partition coefficient (Wildman–Crippen LogP) is 3.25. The maximum Gasteiger partial charge on any atom is 0.243 e. The quantitative estimate of drug-likeness (QED) is 0.776. The van der Waals surface area contributed by atoms with Gasteiger partial charge in [-0.1, -0.05) is 43.3 Å². The summed E-state index contributed by atoms with van der Waals surface area (Å²) in [6, 6.07) is 14.8. The molecule has 1 aliphatic carbocycles. The highest BCUT2D eigenvalue weighted by Gasteiger charge is 2.28. The molecule has 148 valence electrons. The van der Waals surface area contributed by atoms with Crippen LogP contribution >= 0.6 is 0 Å². The Morgan fingerprint density at radius 1 is 1.04 bits per heavy atom. The molecule has 0 spiro atoms. The van der Waals surface area contributed by atoms with Crippen molar-refractivity contribution < 1.29 is 9.59 Å². The first kappa shape index (κ1) is 20.1. The highest BCUT2D eigenvalue weighted by molar-refractivity contribution is 5.88. The van der Waals surface area contributed by atoms with Gasteiger partial charge in [-0.25, -0.2) is 0 Å². The fourth-order valence-electron chi connectivity index (χ4n) is 3.67. The lowest BCUT2D eigenvalue weighted by molar-refractivity contribution is -0.132. The molecule has 1 heterocycles. The third-order valence-electron chi connectivity index (χ3n) is 5.47. The van der Waals surface area contributed by atoms with Crippen LogP contribution in [0.2, 0.25) is 0 Å². The molecule has 0 saturated heterocycles. The van der Waals surface area contributed by atoms with Crippen molar-refractivity contribution in [2.45, 2.75) is 51.6 Å². The number of rotatable bonds is 7. The minimum absolute atomic E-state index is 0.000757. The zero-order valence-electron chi connectivity index (χ0n) is 16.4. The number of carbonyl (C=O) groups is 2. The van der Waals surface area contributed by atoms with Gasteiger partial charge in [0.1, 0.15) is 6.04 Å². The van der Waals surface area contributed by atoms with Gasteiger partial charge in [-0.05, 0) is 49.3 Å². The van der Waals surface area contributed by atoms with Crippen LogP contribution in [0.3, 0.4) is 0 Å². The molecular weight excluding hydrogens is 350 g/mol. The standard InChI is InChI=1S/C23H29N3O2/c1-17-10-12-19(13-11-17)22(27)26-21(15-18-7-3-2-4-8-18)23(28)25-16-20-9-5-6-14-24-20/h2-9,14,17,19,21H,10-13,15-16H2,1H3,(H,25,28)(H,26,27)/t17?,19?,21-/m0/s1. The van der Waals surface area contributed by atoms with E-state index in [2.05, 4.69) is 22.5 Å². The first-order valence-corrected chi connectivity index (χ1v) is 10.1. The summed E-state index contributed by atoms with van der Waals surface area (Å²) in [6.45, 7) is 2.58. The van der Waals surface area contributed by atoms with Crippen molar-refractivity contribution >= 4 is 11.8 Å². The lowest BCUT2D eigenvalue weighted by atomic mass is 9.82. The van der Waals surface area contributed by atoms with Crippen molar-refractivity contribution in [2.75, 3.05) is 0 Å². The summed E-state index contributed by atoms with van der Waals surface area (Å²) < 4.78 is 0. The molecule has 1 aromatic carbocycles. The number of pyridine rings is 1. The molecule has 0 aliphatic heterocycles. The molecule has 2 aromatic rings. The van der Waals surface area contributed by atoms with Crippen LogP contribution in [0, 0.1) is 11.8 Å². The van der Waals surface area contributed by atoms with Gasteiger partial charge in [0.2, 0.25) is 11.8 Å². The van der Waals surface area contributed by atoms with Crippen molar-refractivity contribution in [2.24, 2.45) is 11.8 Å². The van der Waals surface area contributed by atoms with Crippen molar-refractivity contribution in [1.29, 1.82) is 0 Å². The number of aromatic nitrogens is 1. The molecule has 1 aliphatic rings. The number of benzene rings is 1. The van der Waals surface area contributed by atoms with Crippen LogP contribution in [0.25, 0.3) is 0 Å². The van der Waals surface area contributed by atoms with E-state index in [1.165, 1.54) is 0 Å². The summed E-state index contributed by atoms with van der Waals surface area (Å²) in [5.41, 5.74) is 1.82. The third kappa shape index (κ3) is 5.91. The summed E-state index contributed by atoms with van der Waals surface area (Å²) in [5.74, 6) is 0.525. The molecule has 2 N–H and O–H groups in total. The lowest BCUT2D eigenvalue weighted by Gasteiger charge is -2.27. The molecule has 0 radical (unpaired) electrons. The Labute approximate surface area is 167 Å². The Morgan fingerprint density at radius 2 is 1.75 bits per heavy atom. The van der Waals surface area contributed by atoms with Gasteiger partial charge in [-0.3, -0.25) is 14.6 Å². The fourth-order valence-corrected chi connectivity index (χ4v) is 3.67. The van der Waals surface area contributed by atoms with Gasteiger partial charge >= 0.3 is 0 Å². The summed E-state index contributed by atoms with van der Waals surface area (Å²) >= 11 is 0. The van der Waals surface area contributed by atoms with Gasteiger partial charge in [-0.2, -0.15) is 0 Å². The molecule has 1 atom stereocenters. The van der Waals surface area contributed by atoms with E-state index in [0.29, 0.717) is 18.9 Å². The van der Waals surface area contributed by atoms with Crippen LogP contribution in [0.1, 0.15) is 43.9 Å². The van der Waals surface area contributed by atoms with Gasteiger partial charge in [0, 0.05) is 18.5 Å². The van der Waals surface area contributed by atoms with Gasteiger partial charge in [-0.15, -0.1) is 0 Å². The number of hydrogen-bond donors (Lipinski definition) is 2. The van der Waals surface area contributed by atoms with E-state index in [9.17, 15) is 9.59 Å². The molecular formula is C23H29N3O2. The molecule has 3 rings (SSSR count). The maximum absolute atomic E-state index is 12.8. The number of nitrogens with zero attached hydrogens (tertiary/aromatic N) is 1. The molecule has 1 fully saturated rings. The monoisotopic (exact) mass is 379 g/mol. The van der Waals surface area contributed by atoms with Crippen LogP contribution in [0.15, 0.2) is 54.7 Å². The largest absolute Gasteiger partial charge is 0.349 e. The zero-order chi connectivity index (χ0) is 19.8. The van der Waals surface area contributed by atoms with E-state index in [0.717, 1.165) is 36.9 Å². The summed E-state index contributed by atoms with van der Waals surface area (Å²) in [5, 5.41) is 5.93. The topological polar surface area (TPSA) is 71.1 Å². The average molecular weight is 380 g/mol. The van der Waals surface area contributed by atoms with Crippen molar-refractivity contribution in [1.82, 2.24) is 15.6 Å². The second-order valence-electron chi connectivity index (χ2n) is 7.75. The van der Waals surface area contributed by atoms with Gasteiger partial charge in [0.15, 0.2) is 0 Å². The van der Waals surface area contributed by atoms with E-state index < -0.39 is 6.04 Å². The van der Waals surface area contributed by atoms with E-state index in [1.807, 2.05) is 48.5 Å². The Bertz CT molecular complexity index is 756. The second kappa shape index (κ2) is 10.0. The Hall–Kier alpha value is -2.69. The van der Waals surface area contributed by atoms with Gasteiger partial charge in [0.25, 0.3) is 0 Å². The van der Waals surface area contributed by atoms with Crippen LogP contribution in [-0.2, 0) is 22.6 Å². The minimum Gasteiger partial charge on any atom is -0.349 e. The number of carbonyl (C=O) groups excluding carboxylic acids is 2. The van der Waals surface area contributed by atoms with E-state index in [-0.39, 0.29) is 17.7 Å². The van der Waals surface area contributed by atoms with Crippen LogP contribution < -0.4 is 10.6 Å². The van der Waals surface area contributed by atoms with E-state index >= 15 is 0 Å².